The maximum atomic E-state index is 5.93. The van der Waals surface area contributed by atoms with Crippen LogP contribution < -0.4 is 5.32 Å². The molecule has 1 N–H and O–H groups in total. The van der Waals surface area contributed by atoms with Crippen molar-refractivity contribution < 1.29 is 4.42 Å². The second-order valence-electron chi connectivity index (χ2n) is 5.65. The molecule has 3 aromatic rings. The summed E-state index contributed by atoms with van der Waals surface area (Å²) < 4.78 is 5.93. The molecule has 0 amide bonds. The smallest absolute Gasteiger partial charge is 0.134 e. The fraction of sp³-hybridized carbons (Fsp3) is 0.263. The normalized spacial score (nSPS) is 14.2. The van der Waals surface area contributed by atoms with Crippen molar-refractivity contribution in [2.45, 2.75) is 32.9 Å². The van der Waals surface area contributed by atoms with E-state index in [2.05, 4.69) is 62.5 Å². The predicted molar refractivity (Wildman–Crippen MR) is 87.4 cm³/mol. The molecule has 3 rings (SSSR count). The first kappa shape index (κ1) is 13.9. The van der Waals surface area contributed by atoms with Gasteiger partial charge in [-0.15, -0.1) is 0 Å². The fourth-order valence-corrected chi connectivity index (χ4v) is 2.84. The van der Waals surface area contributed by atoms with Gasteiger partial charge in [-0.2, -0.15) is 0 Å². The largest absolute Gasteiger partial charge is 0.459 e. The average molecular weight is 279 g/mol. The van der Waals surface area contributed by atoms with Crippen molar-refractivity contribution in [2.75, 3.05) is 0 Å². The third-order valence-electron chi connectivity index (χ3n) is 4.03. The summed E-state index contributed by atoms with van der Waals surface area (Å²) in [5, 5.41) is 4.78. The number of rotatable bonds is 4. The molecule has 1 heterocycles. The Hall–Kier alpha value is -2.06. The molecule has 0 aliphatic rings. The van der Waals surface area contributed by atoms with Gasteiger partial charge in [0.25, 0.3) is 0 Å². The number of hydrogen-bond acceptors (Lipinski definition) is 2. The second-order valence-corrected chi connectivity index (χ2v) is 5.65. The summed E-state index contributed by atoms with van der Waals surface area (Å²) in [5.74, 6) is 0.983. The van der Waals surface area contributed by atoms with E-state index in [1.165, 1.54) is 11.1 Å². The van der Waals surface area contributed by atoms with Crippen LogP contribution in [0.25, 0.3) is 11.0 Å². The summed E-state index contributed by atoms with van der Waals surface area (Å²) >= 11 is 0. The minimum atomic E-state index is 0.173. The number of benzene rings is 2. The molecule has 2 aromatic carbocycles. The lowest BCUT2D eigenvalue weighted by atomic mass is 10.0. The number of furan rings is 1. The van der Waals surface area contributed by atoms with Gasteiger partial charge in [-0.05, 0) is 44.0 Å². The molecule has 0 aliphatic carbocycles. The third kappa shape index (κ3) is 2.86. The van der Waals surface area contributed by atoms with Crippen LogP contribution in [0.3, 0.4) is 0 Å². The summed E-state index contributed by atoms with van der Waals surface area (Å²) in [6.07, 6.45) is 0. The summed E-state index contributed by atoms with van der Waals surface area (Å²) in [6.45, 7) is 6.49. The SMILES string of the molecule is Cc1ccccc1[C@H](C)NC(C)c1cc2ccccc2o1. The van der Waals surface area contributed by atoms with Crippen LogP contribution in [0.2, 0.25) is 0 Å². The number of aryl methyl sites for hydroxylation is 1. The molecule has 1 aromatic heterocycles. The zero-order valence-corrected chi connectivity index (χ0v) is 12.8. The van der Waals surface area contributed by atoms with E-state index in [0.717, 1.165) is 16.7 Å². The highest BCUT2D eigenvalue weighted by molar-refractivity contribution is 5.77. The molecule has 0 radical (unpaired) electrons. The Morgan fingerprint density at radius 3 is 2.38 bits per heavy atom. The summed E-state index contributed by atoms with van der Waals surface area (Å²) in [5.41, 5.74) is 3.60. The van der Waals surface area contributed by atoms with E-state index in [1.807, 2.05) is 18.2 Å². The van der Waals surface area contributed by atoms with E-state index in [9.17, 15) is 0 Å². The van der Waals surface area contributed by atoms with E-state index in [4.69, 9.17) is 4.42 Å². The summed E-state index contributed by atoms with van der Waals surface area (Å²) in [6, 6.07) is 19.2. The van der Waals surface area contributed by atoms with Crippen molar-refractivity contribution in [3.63, 3.8) is 0 Å². The van der Waals surface area contributed by atoms with Crippen molar-refractivity contribution in [1.82, 2.24) is 5.32 Å². The first-order valence-corrected chi connectivity index (χ1v) is 7.45. The molecule has 0 aliphatic heterocycles. The number of fused-ring (bicyclic) bond motifs is 1. The molecule has 2 heteroatoms. The lowest BCUT2D eigenvalue weighted by Crippen LogP contribution is -2.22. The molecule has 21 heavy (non-hydrogen) atoms. The minimum absolute atomic E-state index is 0.173. The molecule has 1 unspecified atom stereocenters. The minimum Gasteiger partial charge on any atom is -0.459 e. The zero-order valence-electron chi connectivity index (χ0n) is 12.8. The lowest BCUT2D eigenvalue weighted by Gasteiger charge is -2.20. The van der Waals surface area contributed by atoms with Crippen LogP contribution in [0.4, 0.5) is 0 Å². The highest BCUT2D eigenvalue weighted by atomic mass is 16.3. The maximum absolute atomic E-state index is 5.93. The Balaban J connectivity index is 1.79. The van der Waals surface area contributed by atoms with Gasteiger partial charge in [0.05, 0.1) is 6.04 Å². The highest BCUT2D eigenvalue weighted by Crippen LogP contribution is 2.26. The van der Waals surface area contributed by atoms with E-state index < -0.39 is 0 Å². The van der Waals surface area contributed by atoms with Crippen molar-refractivity contribution in [2.24, 2.45) is 0 Å². The van der Waals surface area contributed by atoms with Gasteiger partial charge in [0.2, 0.25) is 0 Å². The van der Waals surface area contributed by atoms with Gasteiger partial charge >= 0.3 is 0 Å². The standard InChI is InChI=1S/C19H21NO/c1-13-8-4-6-10-17(13)14(2)20-15(3)19-12-16-9-5-7-11-18(16)21-19/h4-12,14-15,20H,1-3H3/t14-,15?/m0/s1. The first-order chi connectivity index (χ1) is 10.1. The van der Waals surface area contributed by atoms with Gasteiger partial charge in [0.15, 0.2) is 0 Å². The van der Waals surface area contributed by atoms with E-state index in [0.29, 0.717) is 0 Å². The van der Waals surface area contributed by atoms with E-state index >= 15 is 0 Å². The maximum Gasteiger partial charge on any atom is 0.134 e. The first-order valence-electron chi connectivity index (χ1n) is 7.45. The Kier molecular flexibility index (Phi) is 3.80. The van der Waals surface area contributed by atoms with Gasteiger partial charge in [-0.3, -0.25) is 0 Å². The van der Waals surface area contributed by atoms with Crippen LogP contribution in [-0.4, -0.2) is 0 Å². The molecule has 0 saturated heterocycles. The Bertz CT molecular complexity index is 711. The molecule has 0 saturated carbocycles. The zero-order chi connectivity index (χ0) is 14.8. The summed E-state index contributed by atoms with van der Waals surface area (Å²) in [4.78, 5) is 0. The van der Waals surface area contributed by atoms with Crippen LogP contribution in [-0.2, 0) is 0 Å². The quantitative estimate of drug-likeness (QED) is 0.714. The van der Waals surface area contributed by atoms with Crippen molar-refractivity contribution in [1.29, 1.82) is 0 Å². The molecule has 0 spiro atoms. The number of para-hydroxylation sites is 1. The molecular weight excluding hydrogens is 258 g/mol. The molecule has 108 valence electrons. The van der Waals surface area contributed by atoms with Crippen LogP contribution in [0.1, 0.15) is 42.8 Å². The Morgan fingerprint density at radius 1 is 0.905 bits per heavy atom. The lowest BCUT2D eigenvalue weighted by molar-refractivity contribution is 0.416. The van der Waals surface area contributed by atoms with Crippen molar-refractivity contribution in [3.8, 4) is 0 Å². The molecule has 0 bridgehead atoms. The van der Waals surface area contributed by atoms with Gasteiger partial charge in [0.1, 0.15) is 11.3 Å². The van der Waals surface area contributed by atoms with Gasteiger partial charge < -0.3 is 9.73 Å². The third-order valence-corrected chi connectivity index (χ3v) is 4.03. The van der Waals surface area contributed by atoms with Gasteiger partial charge in [-0.25, -0.2) is 0 Å². The molecule has 2 nitrogen and oxygen atoms in total. The highest BCUT2D eigenvalue weighted by Gasteiger charge is 2.15. The monoisotopic (exact) mass is 279 g/mol. The van der Waals surface area contributed by atoms with Gasteiger partial charge in [-0.1, -0.05) is 42.5 Å². The topological polar surface area (TPSA) is 25.2 Å². The van der Waals surface area contributed by atoms with Crippen molar-refractivity contribution >= 4 is 11.0 Å². The van der Waals surface area contributed by atoms with E-state index in [1.54, 1.807) is 0 Å². The molecule has 0 fully saturated rings. The average Bonchev–Trinajstić information content (AvgIpc) is 2.91. The van der Waals surface area contributed by atoms with Crippen LogP contribution >= 0.6 is 0 Å². The molecular formula is C19H21NO. The Morgan fingerprint density at radius 2 is 1.62 bits per heavy atom. The predicted octanol–water partition coefficient (Wildman–Crippen LogP) is 5.15. The summed E-state index contributed by atoms with van der Waals surface area (Å²) in [7, 11) is 0. The second kappa shape index (κ2) is 5.74. The number of hydrogen-bond donors (Lipinski definition) is 1. The van der Waals surface area contributed by atoms with Crippen LogP contribution in [0.15, 0.2) is 59.0 Å². The fourth-order valence-electron chi connectivity index (χ4n) is 2.84. The van der Waals surface area contributed by atoms with Crippen LogP contribution in [0.5, 0.6) is 0 Å². The number of nitrogens with one attached hydrogen (secondary N) is 1. The molecule has 2 atom stereocenters. The van der Waals surface area contributed by atoms with Gasteiger partial charge in [0, 0.05) is 11.4 Å². The van der Waals surface area contributed by atoms with Crippen molar-refractivity contribution in [3.05, 3.63) is 71.5 Å². The Labute approximate surface area is 125 Å². The van der Waals surface area contributed by atoms with E-state index in [-0.39, 0.29) is 12.1 Å². The van der Waals surface area contributed by atoms with Crippen LogP contribution in [0, 0.1) is 6.92 Å².